The molecule has 1 saturated heterocycles. The summed E-state index contributed by atoms with van der Waals surface area (Å²) in [6.07, 6.45) is 1.45. The molecule has 1 aliphatic heterocycles. The minimum atomic E-state index is -4.90. The second kappa shape index (κ2) is 11.4. The lowest BCUT2D eigenvalue weighted by Gasteiger charge is -2.34. The highest BCUT2D eigenvalue weighted by molar-refractivity contribution is 6.05. The molecule has 41 heavy (non-hydrogen) atoms. The number of alkyl halides is 3. The predicted molar refractivity (Wildman–Crippen MR) is 144 cm³/mol. The first-order valence-corrected chi connectivity index (χ1v) is 12.6. The highest BCUT2D eigenvalue weighted by atomic mass is 19.4. The lowest BCUT2D eigenvalue weighted by Crippen LogP contribution is -2.44. The summed E-state index contributed by atoms with van der Waals surface area (Å²) in [6.45, 7) is 4.45. The number of aryl methyl sites for hydroxylation is 1. The molecule has 1 aliphatic rings. The van der Waals surface area contributed by atoms with E-state index in [1.165, 1.54) is 16.9 Å². The molecule has 5 rings (SSSR count). The molecule has 0 aliphatic carbocycles. The van der Waals surface area contributed by atoms with Gasteiger partial charge in [-0.05, 0) is 38.2 Å². The van der Waals surface area contributed by atoms with Crippen molar-refractivity contribution in [2.24, 2.45) is 0 Å². The van der Waals surface area contributed by atoms with E-state index in [1.807, 2.05) is 11.9 Å². The average molecular weight is 569 g/mol. The van der Waals surface area contributed by atoms with Gasteiger partial charge in [-0.15, -0.1) is 18.3 Å². The minimum absolute atomic E-state index is 0.0105. The number of carbonyl (C=O) groups is 1. The van der Waals surface area contributed by atoms with Crippen LogP contribution in [0.25, 0.3) is 16.9 Å². The van der Waals surface area contributed by atoms with E-state index in [1.54, 1.807) is 50.8 Å². The zero-order valence-corrected chi connectivity index (χ0v) is 22.5. The number of carbonyl (C=O) groups excluding carboxylic acids is 1. The first-order valence-electron chi connectivity index (χ1n) is 12.6. The van der Waals surface area contributed by atoms with Gasteiger partial charge in [0, 0.05) is 55.3 Å². The Kier molecular flexibility index (Phi) is 7.75. The smallest absolute Gasteiger partial charge is 0.495 e. The number of amides is 1. The van der Waals surface area contributed by atoms with Crippen LogP contribution in [0.4, 0.5) is 24.5 Å². The third kappa shape index (κ3) is 6.72. The molecular formula is C27H27F3N8O3. The zero-order valence-electron chi connectivity index (χ0n) is 22.5. The van der Waals surface area contributed by atoms with Gasteiger partial charge in [0.25, 0.3) is 5.91 Å². The summed E-state index contributed by atoms with van der Waals surface area (Å²) in [7, 11) is 3.51. The number of likely N-dealkylation sites (N-methyl/N-ethyl adjacent to an activating group) is 1. The number of nitrogens with zero attached hydrogens (tertiary/aromatic N) is 7. The molecule has 0 unspecified atom stereocenters. The number of methoxy groups -OCH3 is 1. The molecule has 4 heterocycles. The third-order valence-corrected chi connectivity index (χ3v) is 6.56. The van der Waals surface area contributed by atoms with Crippen molar-refractivity contribution in [3.63, 3.8) is 0 Å². The first-order chi connectivity index (χ1) is 19.6. The van der Waals surface area contributed by atoms with Gasteiger partial charge in [0.2, 0.25) is 0 Å². The Hall–Kier alpha value is -4.72. The summed E-state index contributed by atoms with van der Waals surface area (Å²) in [5, 5.41) is 11.1. The largest absolute Gasteiger partial charge is 0.573 e. The molecule has 3 aromatic heterocycles. The van der Waals surface area contributed by atoms with Crippen LogP contribution in [0.3, 0.4) is 0 Å². The number of hydrogen-bond donors (Lipinski definition) is 1. The molecule has 1 N–H and O–H groups in total. The van der Waals surface area contributed by atoms with Gasteiger partial charge >= 0.3 is 6.36 Å². The molecule has 214 valence electrons. The van der Waals surface area contributed by atoms with Gasteiger partial charge in [-0.3, -0.25) is 14.8 Å². The van der Waals surface area contributed by atoms with Gasteiger partial charge in [0.05, 0.1) is 42.8 Å². The normalized spacial score (nSPS) is 14.1. The van der Waals surface area contributed by atoms with E-state index in [-0.39, 0.29) is 5.56 Å². The van der Waals surface area contributed by atoms with Gasteiger partial charge in [0.1, 0.15) is 17.2 Å². The Balaban J connectivity index is 1.40. The minimum Gasteiger partial charge on any atom is -0.495 e. The predicted octanol–water partition coefficient (Wildman–Crippen LogP) is 3.94. The highest BCUT2D eigenvalue weighted by Gasteiger charge is 2.32. The molecule has 1 amide bonds. The Morgan fingerprint density at radius 3 is 2.51 bits per heavy atom. The van der Waals surface area contributed by atoms with E-state index in [0.29, 0.717) is 52.9 Å². The summed E-state index contributed by atoms with van der Waals surface area (Å²) in [4.78, 5) is 25.8. The van der Waals surface area contributed by atoms with Crippen LogP contribution in [0.1, 0.15) is 16.1 Å². The van der Waals surface area contributed by atoms with Crippen LogP contribution in [0, 0.1) is 6.92 Å². The van der Waals surface area contributed by atoms with Crippen molar-refractivity contribution >= 4 is 17.3 Å². The van der Waals surface area contributed by atoms with Crippen LogP contribution in [0.2, 0.25) is 0 Å². The number of piperazine rings is 1. The standard InChI is InChI=1S/C27H27F3N8O3/c1-17-25(38-16-24(34-35-38)19-10-23(40-3)15-31-13-19)11-20(14-32-17)33-26(39)18-8-21(37-6-4-36(2)5-7-37)12-22(9-18)41-27(28,29)30/h8-16H,4-7H2,1-3H3,(H,33,39). The van der Waals surface area contributed by atoms with Crippen LogP contribution in [-0.4, -0.2) is 82.5 Å². The molecule has 0 bridgehead atoms. The SMILES string of the molecule is COc1cncc(-c2cn(-c3cc(NC(=O)c4cc(OC(F)(F)F)cc(N5CCN(C)CC5)c4)cnc3C)nn2)c1. The van der Waals surface area contributed by atoms with Crippen molar-refractivity contribution in [1.82, 2.24) is 29.9 Å². The maximum Gasteiger partial charge on any atom is 0.573 e. The van der Waals surface area contributed by atoms with Gasteiger partial charge in [0.15, 0.2) is 0 Å². The number of ether oxygens (including phenoxy) is 2. The van der Waals surface area contributed by atoms with Crippen LogP contribution in [-0.2, 0) is 0 Å². The fourth-order valence-corrected chi connectivity index (χ4v) is 4.36. The maximum absolute atomic E-state index is 13.2. The molecule has 0 spiro atoms. The lowest BCUT2D eigenvalue weighted by atomic mass is 10.1. The van der Waals surface area contributed by atoms with Crippen molar-refractivity contribution in [2.75, 3.05) is 50.6 Å². The number of rotatable bonds is 7. The van der Waals surface area contributed by atoms with Gasteiger partial charge in [-0.25, -0.2) is 4.68 Å². The average Bonchev–Trinajstić information content (AvgIpc) is 3.43. The van der Waals surface area contributed by atoms with Crippen molar-refractivity contribution < 1.29 is 27.4 Å². The van der Waals surface area contributed by atoms with Crippen LogP contribution in [0.15, 0.2) is 55.1 Å². The summed E-state index contributed by atoms with van der Waals surface area (Å²) < 4.78 is 50.1. The Morgan fingerprint density at radius 1 is 1.00 bits per heavy atom. The van der Waals surface area contributed by atoms with Gasteiger partial charge < -0.3 is 24.6 Å². The second-order valence-corrected chi connectivity index (χ2v) is 9.50. The van der Waals surface area contributed by atoms with E-state index in [0.717, 1.165) is 19.2 Å². The van der Waals surface area contributed by atoms with Crippen molar-refractivity contribution in [2.45, 2.75) is 13.3 Å². The molecule has 0 atom stereocenters. The van der Waals surface area contributed by atoms with E-state index in [9.17, 15) is 18.0 Å². The molecule has 1 fully saturated rings. The van der Waals surface area contributed by atoms with Gasteiger partial charge in [-0.2, -0.15) is 0 Å². The topological polar surface area (TPSA) is 111 Å². The summed E-state index contributed by atoms with van der Waals surface area (Å²) in [5.74, 6) is -0.518. The quantitative estimate of drug-likeness (QED) is 0.354. The van der Waals surface area contributed by atoms with Crippen molar-refractivity contribution in [3.05, 3.63) is 66.4 Å². The molecule has 1 aromatic carbocycles. The second-order valence-electron chi connectivity index (χ2n) is 9.50. The third-order valence-electron chi connectivity index (χ3n) is 6.56. The Morgan fingerprint density at radius 2 is 1.78 bits per heavy atom. The fourth-order valence-electron chi connectivity index (χ4n) is 4.36. The molecule has 11 nitrogen and oxygen atoms in total. The van der Waals surface area contributed by atoms with Crippen LogP contribution in [0.5, 0.6) is 11.5 Å². The highest BCUT2D eigenvalue weighted by Crippen LogP contribution is 2.30. The Labute approximate surface area is 233 Å². The monoisotopic (exact) mass is 568 g/mol. The fraction of sp³-hybridized carbons (Fsp3) is 0.296. The number of anilines is 2. The Bertz CT molecular complexity index is 1550. The molecule has 14 heteroatoms. The zero-order chi connectivity index (χ0) is 29.1. The summed E-state index contributed by atoms with van der Waals surface area (Å²) >= 11 is 0. The molecule has 0 saturated carbocycles. The number of aromatic nitrogens is 5. The first kappa shape index (κ1) is 27.8. The van der Waals surface area contributed by atoms with Crippen molar-refractivity contribution in [3.8, 4) is 28.4 Å². The number of benzene rings is 1. The number of pyridine rings is 2. The number of hydrogen-bond acceptors (Lipinski definition) is 9. The maximum atomic E-state index is 13.2. The van der Waals surface area contributed by atoms with E-state index in [2.05, 4.69) is 35.2 Å². The molecule has 0 radical (unpaired) electrons. The van der Waals surface area contributed by atoms with Crippen LogP contribution < -0.4 is 19.7 Å². The molecule has 4 aromatic rings. The van der Waals surface area contributed by atoms with E-state index >= 15 is 0 Å². The van der Waals surface area contributed by atoms with Gasteiger partial charge in [-0.1, -0.05) is 5.21 Å². The number of nitrogens with one attached hydrogen (secondary N) is 1. The van der Waals surface area contributed by atoms with E-state index < -0.39 is 18.0 Å². The lowest BCUT2D eigenvalue weighted by molar-refractivity contribution is -0.274. The van der Waals surface area contributed by atoms with Crippen LogP contribution >= 0.6 is 0 Å². The summed E-state index contributed by atoms with van der Waals surface area (Å²) in [5.41, 5.74) is 3.20. The van der Waals surface area contributed by atoms with E-state index in [4.69, 9.17) is 4.74 Å². The summed E-state index contributed by atoms with van der Waals surface area (Å²) in [6, 6.07) is 7.34. The molecular weight excluding hydrogens is 541 g/mol. The number of halogens is 3. The van der Waals surface area contributed by atoms with Crippen molar-refractivity contribution in [1.29, 1.82) is 0 Å².